The van der Waals surface area contributed by atoms with E-state index in [0.717, 1.165) is 20.7 Å². The Morgan fingerprint density at radius 1 is 1.13 bits per heavy atom. The minimum atomic E-state index is -0.106. The standard InChI is InChI=1S/C17H12N2OS3/c20-17(11-3-4-13-15(8-11)23-10-18-13)19-16(12-5-7-21-9-12)14-2-1-6-22-14/h1-10,16H,(H,19,20). The van der Waals surface area contributed by atoms with Crippen LogP contribution in [0.2, 0.25) is 0 Å². The van der Waals surface area contributed by atoms with E-state index >= 15 is 0 Å². The van der Waals surface area contributed by atoms with Crippen molar-refractivity contribution >= 4 is 50.1 Å². The quantitative estimate of drug-likeness (QED) is 0.563. The Morgan fingerprint density at radius 2 is 2.09 bits per heavy atom. The maximum Gasteiger partial charge on any atom is 0.252 e. The van der Waals surface area contributed by atoms with Crippen LogP contribution in [-0.2, 0) is 0 Å². The molecule has 0 aliphatic heterocycles. The van der Waals surface area contributed by atoms with Crippen LogP contribution in [0.15, 0.2) is 58.0 Å². The second-order valence-corrected chi connectivity index (χ2v) is 7.66. The zero-order chi connectivity index (χ0) is 15.6. The highest BCUT2D eigenvalue weighted by Crippen LogP contribution is 2.28. The molecule has 0 saturated carbocycles. The number of nitrogens with zero attached hydrogens (tertiary/aromatic N) is 1. The van der Waals surface area contributed by atoms with Gasteiger partial charge in [-0.15, -0.1) is 22.7 Å². The van der Waals surface area contributed by atoms with Crippen LogP contribution in [0.3, 0.4) is 0 Å². The molecule has 114 valence electrons. The van der Waals surface area contributed by atoms with Crippen LogP contribution < -0.4 is 5.32 Å². The zero-order valence-electron chi connectivity index (χ0n) is 11.9. The molecule has 6 heteroatoms. The van der Waals surface area contributed by atoms with Gasteiger partial charge in [0.25, 0.3) is 5.91 Å². The summed E-state index contributed by atoms with van der Waals surface area (Å²) < 4.78 is 1.03. The van der Waals surface area contributed by atoms with E-state index in [0.29, 0.717) is 5.56 Å². The maximum absolute atomic E-state index is 12.7. The zero-order valence-corrected chi connectivity index (χ0v) is 14.4. The van der Waals surface area contributed by atoms with Crippen LogP contribution in [0.4, 0.5) is 0 Å². The van der Waals surface area contributed by atoms with Crippen molar-refractivity contribution < 1.29 is 4.79 Å². The van der Waals surface area contributed by atoms with Crippen LogP contribution >= 0.6 is 34.0 Å². The molecule has 0 saturated heterocycles. The van der Waals surface area contributed by atoms with E-state index in [2.05, 4.69) is 27.8 Å². The van der Waals surface area contributed by atoms with Crippen molar-refractivity contribution in [3.05, 3.63) is 74.1 Å². The number of hydrogen-bond acceptors (Lipinski definition) is 5. The first kappa shape index (κ1) is 14.6. The van der Waals surface area contributed by atoms with Crippen molar-refractivity contribution in [1.29, 1.82) is 0 Å². The van der Waals surface area contributed by atoms with Gasteiger partial charge in [-0.25, -0.2) is 4.98 Å². The third-order valence-electron chi connectivity index (χ3n) is 3.57. The van der Waals surface area contributed by atoms with Crippen molar-refractivity contribution in [1.82, 2.24) is 10.3 Å². The monoisotopic (exact) mass is 356 g/mol. The van der Waals surface area contributed by atoms with Gasteiger partial charge in [-0.1, -0.05) is 6.07 Å². The lowest BCUT2D eigenvalue weighted by Crippen LogP contribution is -2.28. The Balaban J connectivity index is 1.64. The molecule has 1 atom stereocenters. The van der Waals surface area contributed by atoms with Crippen molar-refractivity contribution in [2.75, 3.05) is 0 Å². The summed E-state index contributed by atoms with van der Waals surface area (Å²) in [6.07, 6.45) is 0. The summed E-state index contributed by atoms with van der Waals surface area (Å²) in [5.41, 5.74) is 4.51. The third kappa shape index (κ3) is 2.93. The average molecular weight is 356 g/mol. The molecule has 0 aliphatic rings. The number of aromatic nitrogens is 1. The van der Waals surface area contributed by atoms with Crippen LogP contribution in [0.5, 0.6) is 0 Å². The molecule has 4 rings (SSSR count). The molecule has 3 heterocycles. The van der Waals surface area contributed by atoms with Crippen LogP contribution in [0, 0.1) is 0 Å². The average Bonchev–Trinajstić information content (AvgIpc) is 3.34. The minimum absolute atomic E-state index is 0.0649. The van der Waals surface area contributed by atoms with Gasteiger partial charge >= 0.3 is 0 Å². The van der Waals surface area contributed by atoms with E-state index in [1.807, 2.05) is 35.0 Å². The number of carbonyl (C=O) groups excluding carboxylic acids is 1. The van der Waals surface area contributed by atoms with Crippen molar-refractivity contribution in [2.24, 2.45) is 0 Å². The van der Waals surface area contributed by atoms with Gasteiger partial charge in [0.2, 0.25) is 0 Å². The fourth-order valence-corrected chi connectivity index (χ4v) is 4.63. The number of benzene rings is 1. The smallest absolute Gasteiger partial charge is 0.252 e. The van der Waals surface area contributed by atoms with Gasteiger partial charge in [-0.2, -0.15) is 11.3 Å². The Labute approximate surface area is 145 Å². The van der Waals surface area contributed by atoms with Gasteiger partial charge in [0, 0.05) is 10.4 Å². The Hall–Kier alpha value is -2.02. The number of rotatable bonds is 4. The number of hydrogen-bond donors (Lipinski definition) is 1. The largest absolute Gasteiger partial charge is 0.340 e. The fourth-order valence-electron chi connectivity index (χ4n) is 2.42. The molecule has 23 heavy (non-hydrogen) atoms. The third-order valence-corrected chi connectivity index (χ3v) is 6.00. The molecule has 0 aliphatic carbocycles. The molecule has 0 spiro atoms. The number of nitrogens with one attached hydrogen (secondary N) is 1. The number of thiazole rings is 1. The maximum atomic E-state index is 12.7. The van der Waals surface area contributed by atoms with E-state index in [1.165, 1.54) is 0 Å². The summed E-state index contributed by atoms with van der Waals surface area (Å²) in [7, 11) is 0. The van der Waals surface area contributed by atoms with E-state index < -0.39 is 0 Å². The van der Waals surface area contributed by atoms with Gasteiger partial charge in [0.05, 0.1) is 21.8 Å². The predicted octanol–water partition coefficient (Wildman–Crippen LogP) is 4.94. The summed E-state index contributed by atoms with van der Waals surface area (Å²) in [5, 5.41) is 9.30. The van der Waals surface area contributed by atoms with Crippen molar-refractivity contribution in [3.63, 3.8) is 0 Å². The Kier molecular flexibility index (Phi) is 3.95. The summed E-state index contributed by atoms with van der Waals surface area (Å²) in [6, 6.07) is 11.6. The van der Waals surface area contributed by atoms with Gasteiger partial charge in [0.1, 0.15) is 0 Å². The van der Waals surface area contributed by atoms with Crippen molar-refractivity contribution in [3.8, 4) is 0 Å². The molecule has 1 unspecified atom stereocenters. The van der Waals surface area contributed by atoms with Crippen LogP contribution in [-0.4, -0.2) is 10.9 Å². The lowest BCUT2D eigenvalue weighted by atomic mass is 10.1. The summed E-state index contributed by atoms with van der Waals surface area (Å²) in [5.74, 6) is -0.0649. The molecule has 3 aromatic heterocycles. The SMILES string of the molecule is O=C(NC(c1ccsc1)c1cccs1)c1ccc2ncsc2c1. The molecule has 0 bridgehead atoms. The summed E-state index contributed by atoms with van der Waals surface area (Å²) in [6.45, 7) is 0. The highest BCUT2D eigenvalue weighted by atomic mass is 32.1. The molecule has 1 N–H and O–H groups in total. The molecular formula is C17H12N2OS3. The second kappa shape index (κ2) is 6.23. The molecular weight excluding hydrogens is 344 g/mol. The number of amides is 1. The first-order valence-corrected chi connectivity index (χ1v) is 9.71. The molecule has 3 nitrogen and oxygen atoms in total. The molecule has 1 aromatic carbocycles. The molecule has 1 amide bonds. The highest BCUT2D eigenvalue weighted by molar-refractivity contribution is 7.16. The molecule has 0 radical (unpaired) electrons. The molecule has 4 aromatic rings. The van der Waals surface area contributed by atoms with Crippen LogP contribution in [0.1, 0.15) is 26.8 Å². The number of fused-ring (bicyclic) bond motifs is 1. The topological polar surface area (TPSA) is 42.0 Å². The normalized spacial score (nSPS) is 12.3. The van der Waals surface area contributed by atoms with E-state index in [1.54, 1.807) is 39.5 Å². The van der Waals surface area contributed by atoms with Crippen molar-refractivity contribution in [2.45, 2.75) is 6.04 Å². The van der Waals surface area contributed by atoms with E-state index in [9.17, 15) is 4.79 Å². The van der Waals surface area contributed by atoms with E-state index in [4.69, 9.17) is 0 Å². The molecule has 0 fully saturated rings. The number of carbonyl (C=O) groups is 1. The Bertz CT molecular complexity index is 892. The lowest BCUT2D eigenvalue weighted by molar-refractivity contribution is 0.0943. The summed E-state index contributed by atoms with van der Waals surface area (Å²) in [4.78, 5) is 18.1. The fraction of sp³-hybridized carbons (Fsp3) is 0.0588. The first-order valence-electron chi connectivity index (χ1n) is 7.01. The number of thiophene rings is 2. The van der Waals surface area contributed by atoms with Gasteiger partial charge in [0.15, 0.2) is 0 Å². The predicted molar refractivity (Wildman–Crippen MR) is 97.6 cm³/mol. The van der Waals surface area contributed by atoms with E-state index in [-0.39, 0.29) is 11.9 Å². The lowest BCUT2D eigenvalue weighted by Gasteiger charge is -2.16. The Morgan fingerprint density at radius 3 is 2.87 bits per heavy atom. The van der Waals surface area contributed by atoms with Gasteiger partial charge in [-0.3, -0.25) is 4.79 Å². The first-order chi connectivity index (χ1) is 11.3. The highest BCUT2D eigenvalue weighted by Gasteiger charge is 2.19. The minimum Gasteiger partial charge on any atom is -0.340 e. The summed E-state index contributed by atoms with van der Waals surface area (Å²) >= 11 is 4.84. The van der Waals surface area contributed by atoms with Crippen LogP contribution in [0.25, 0.3) is 10.2 Å². The second-order valence-electron chi connectivity index (χ2n) is 5.01. The van der Waals surface area contributed by atoms with Gasteiger partial charge < -0.3 is 5.32 Å². The van der Waals surface area contributed by atoms with Gasteiger partial charge in [-0.05, 0) is 52.0 Å².